The van der Waals surface area contributed by atoms with E-state index in [1.54, 1.807) is 0 Å². The molecule has 2 aromatic rings. The summed E-state index contributed by atoms with van der Waals surface area (Å²) < 4.78 is 2.07. The molecule has 5 heteroatoms. The number of carbonyl (C=O) groups is 1. The van der Waals surface area contributed by atoms with Crippen molar-refractivity contribution in [2.24, 2.45) is 5.73 Å². The molecule has 0 saturated heterocycles. The molecule has 122 valence electrons. The van der Waals surface area contributed by atoms with Gasteiger partial charge in [-0.2, -0.15) is 5.10 Å². The molecule has 1 aliphatic rings. The number of carbonyl (C=O) groups excluding carboxylic acids is 1. The Labute approximate surface area is 137 Å². The Balaban J connectivity index is 1.93. The summed E-state index contributed by atoms with van der Waals surface area (Å²) in [7, 11) is 0. The molecule has 0 aliphatic heterocycles. The topological polar surface area (TPSA) is 64.2 Å². The zero-order valence-corrected chi connectivity index (χ0v) is 13.8. The number of rotatable bonds is 6. The summed E-state index contributed by atoms with van der Waals surface area (Å²) in [6.07, 6.45) is 3.30. The summed E-state index contributed by atoms with van der Waals surface area (Å²) in [5.41, 5.74) is 10.2. The zero-order chi connectivity index (χ0) is 16.4. The Morgan fingerprint density at radius 2 is 2.04 bits per heavy atom. The maximum absolute atomic E-state index is 11.3. The second kappa shape index (κ2) is 6.54. The molecule has 0 bridgehead atoms. The molecule has 5 nitrogen and oxygen atoms in total. The van der Waals surface area contributed by atoms with E-state index in [2.05, 4.69) is 35.6 Å². The van der Waals surface area contributed by atoms with Gasteiger partial charge in [0.15, 0.2) is 0 Å². The van der Waals surface area contributed by atoms with Gasteiger partial charge in [0.25, 0.3) is 0 Å². The van der Waals surface area contributed by atoms with Gasteiger partial charge < -0.3 is 5.73 Å². The number of primary amides is 1. The average Bonchev–Trinajstić information content (AvgIpc) is 3.10. The van der Waals surface area contributed by atoms with E-state index in [9.17, 15) is 4.79 Å². The molecule has 1 aromatic carbocycles. The van der Waals surface area contributed by atoms with Gasteiger partial charge in [-0.05, 0) is 50.8 Å². The van der Waals surface area contributed by atoms with Crippen LogP contribution in [0.25, 0.3) is 5.69 Å². The Morgan fingerprint density at radius 3 is 2.70 bits per heavy atom. The summed E-state index contributed by atoms with van der Waals surface area (Å²) in [5.74, 6) is -0.294. The minimum Gasteiger partial charge on any atom is -0.369 e. The maximum Gasteiger partial charge on any atom is 0.231 e. The molecule has 0 atom stereocenters. The van der Waals surface area contributed by atoms with E-state index in [0.29, 0.717) is 6.54 Å². The Kier molecular flexibility index (Phi) is 4.48. The normalized spacial score (nSPS) is 13.7. The number of hydrogen-bond donors (Lipinski definition) is 1. The number of nitrogens with zero attached hydrogens (tertiary/aromatic N) is 3. The van der Waals surface area contributed by atoms with Crippen LogP contribution >= 0.6 is 0 Å². The number of amides is 1. The predicted octanol–water partition coefficient (Wildman–Crippen LogP) is 2.06. The van der Waals surface area contributed by atoms with E-state index in [0.717, 1.165) is 24.2 Å². The van der Waals surface area contributed by atoms with Gasteiger partial charge in [-0.3, -0.25) is 9.69 Å². The summed E-state index contributed by atoms with van der Waals surface area (Å²) in [6.45, 7) is 5.10. The molecule has 1 aromatic heterocycles. The van der Waals surface area contributed by atoms with Crippen molar-refractivity contribution < 1.29 is 4.79 Å². The monoisotopic (exact) mass is 312 g/mol. The van der Waals surface area contributed by atoms with E-state index >= 15 is 0 Å². The van der Waals surface area contributed by atoms with Crippen LogP contribution in [0.2, 0.25) is 0 Å². The summed E-state index contributed by atoms with van der Waals surface area (Å²) >= 11 is 0. The highest BCUT2D eigenvalue weighted by molar-refractivity contribution is 5.75. The third kappa shape index (κ3) is 3.29. The molecule has 23 heavy (non-hydrogen) atoms. The zero-order valence-electron chi connectivity index (χ0n) is 13.8. The second-order valence-corrected chi connectivity index (χ2v) is 6.44. The van der Waals surface area contributed by atoms with Gasteiger partial charge in [-0.25, -0.2) is 4.68 Å². The van der Waals surface area contributed by atoms with Crippen LogP contribution in [-0.4, -0.2) is 33.2 Å². The fourth-order valence-corrected chi connectivity index (χ4v) is 3.24. The fourth-order valence-electron chi connectivity index (χ4n) is 3.24. The average molecular weight is 312 g/mol. The van der Waals surface area contributed by atoms with E-state index in [1.807, 2.05) is 18.2 Å². The van der Waals surface area contributed by atoms with E-state index < -0.39 is 0 Å². The van der Waals surface area contributed by atoms with Crippen LogP contribution in [0.5, 0.6) is 0 Å². The van der Waals surface area contributed by atoms with Crippen LogP contribution in [0.3, 0.4) is 0 Å². The number of fused-ring (bicyclic) bond motifs is 1. The highest BCUT2D eigenvalue weighted by Gasteiger charge is 2.25. The molecule has 0 spiro atoms. The molecule has 1 amide bonds. The van der Waals surface area contributed by atoms with Crippen molar-refractivity contribution in [1.82, 2.24) is 14.7 Å². The van der Waals surface area contributed by atoms with Crippen molar-refractivity contribution in [3.8, 4) is 5.69 Å². The first-order valence-corrected chi connectivity index (χ1v) is 8.23. The number of hydrogen-bond acceptors (Lipinski definition) is 3. The van der Waals surface area contributed by atoms with Gasteiger partial charge in [0, 0.05) is 18.3 Å². The summed E-state index contributed by atoms with van der Waals surface area (Å²) in [6, 6.07) is 10.5. The first-order chi connectivity index (χ1) is 11.1. The Morgan fingerprint density at radius 1 is 1.30 bits per heavy atom. The number of aromatic nitrogens is 2. The van der Waals surface area contributed by atoms with Crippen LogP contribution in [0.4, 0.5) is 0 Å². The molecular formula is C18H24N4O. The highest BCUT2D eigenvalue weighted by Crippen LogP contribution is 2.28. The van der Waals surface area contributed by atoms with Crippen LogP contribution in [-0.2, 0) is 24.2 Å². The van der Waals surface area contributed by atoms with Crippen molar-refractivity contribution >= 4 is 5.91 Å². The standard InChI is InChI=1S/C18H24N4O/c1-13(2)21(12-18(19)23)11-16-15-9-6-10-17(15)22(20-16)14-7-4-3-5-8-14/h3-5,7-8,13H,6,9-12H2,1-2H3,(H2,19,23). The third-order valence-corrected chi connectivity index (χ3v) is 4.46. The van der Waals surface area contributed by atoms with Gasteiger partial charge in [0.1, 0.15) is 0 Å². The number of nitrogens with two attached hydrogens (primary N) is 1. The van der Waals surface area contributed by atoms with Crippen molar-refractivity contribution in [3.63, 3.8) is 0 Å². The van der Waals surface area contributed by atoms with Gasteiger partial charge in [-0.1, -0.05) is 18.2 Å². The van der Waals surface area contributed by atoms with Crippen molar-refractivity contribution in [1.29, 1.82) is 0 Å². The van der Waals surface area contributed by atoms with E-state index in [4.69, 9.17) is 10.8 Å². The first-order valence-electron chi connectivity index (χ1n) is 8.23. The lowest BCUT2D eigenvalue weighted by Crippen LogP contribution is -2.38. The molecular weight excluding hydrogens is 288 g/mol. The molecule has 0 unspecified atom stereocenters. The lowest BCUT2D eigenvalue weighted by atomic mass is 10.1. The Hall–Kier alpha value is -2.14. The smallest absolute Gasteiger partial charge is 0.231 e. The highest BCUT2D eigenvalue weighted by atomic mass is 16.1. The van der Waals surface area contributed by atoms with E-state index in [-0.39, 0.29) is 18.5 Å². The number of benzene rings is 1. The van der Waals surface area contributed by atoms with Gasteiger partial charge >= 0.3 is 0 Å². The molecule has 0 saturated carbocycles. The van der Waals surface area contributed by atoms with Gasteiger partial charge in [0.2, 0.25) is 5.91 Å². The fraction of sp³-hybridized carbons (Fsp3) is 0.444. The van der Waals surface area contributed by atoms with Crippen LogP contribution < -0.4 is 5.73 Å². The largest absolute Gasteiger partial charge is 0.369 e. The van der Waals surface area contributed by atoms with Crippen LogP contribution in [0.1, 0.15) is 37.2 Å². The quantitative estimate of drug-likeness (QED) is 0.888. The lowest BCUT2D eigenvalue weighted by molar-refractivity contribution is -0.119. The minimum atomic E-state index is -0.294. The van der Waals surface area contributed by atoms with Crippen molar-refractivity contribution in [2.75, 3.05) is 6.54 Å². The van der Waals surface area contributed by atoms with Crippen LogP contribution in [0.15, 0.2) is 30.3 Å². The first kappa shape index (κ1) is 15.7. The molecule has 1 aliphatic carbocycles. The van der Waals surface area contributed by atoms with Crippen molar-refractivity contribution in [3.05, 3.63) is 47.3 Å². The molecule has 1 heterocycles. The van der Waals surface area contributed by atoms with Crippen LogP contribution in [0, 0.1) is 0 Å². The molecule has 3 rings (SSSR count). The Bertz CT molecular complexity index is 691. The molecule has 2 N–H and O–H groups in total. The molecule has 0 radical (unpaired) electrons. The maximum atomic E-state index is 11.3. The second-order valence-electron chi connectivity index (χ2n) is 6.44. The SMILES string of the molecule is CC(C)N(CC(N)=O)Cc1nn(-c2ccccc2)c2c1CCC2. The number of para-hydroxylation sites is 1. The lowest BCUT2D eigenvalue weighted by Gasteiger charge is -2.24. The summed E-state index contributed by atoms with van der Waals surface area (Å²) in [4.78, 5) is 13.4. The van der Waals surface area contributed by atoms with Gasteiger partial charge in [0.05, 0.1) is 17.9 Å². The minimum absolute atomic E-state index is 0.251. The van der Waals surface area contributed by atoms with Gasteiger partial charge in [-0.15, -0.1) is 0 Å². The third-order valence-electron chi connectivity index (χ3n) is 4.46. The van der Waals surface area contributed by atoms with Crippen molar-refractivity contribution in [2.45, 2.75) is 45.7 Å². The van der Waals surface area contributed by atoms with E-state index in [1.165, 1.54) is 17.7 Å². The molecule has 0 fully saturated rings. The predicted molar refractivity (Wildman–Crippen MR) is 90.3 cm³/mol. The summed E-state index contributed by atoms with van der Waals surface area (Å²) in [5, 5.41) is 4.85.